The van der Waals surface area contributed by atoms with Gasteiger partial charge in [-0.3, -0.25) is 0 Å². The lowest BCUT2D eigenvalue weighted by Crippen LogP contribution is -2.20. The zero-order valence-electron chi connectivity index (χ0n) is 10.5. The molecule has 1 atom stereocenters. The second-order valence-corrected chi connectivity index (χ2v) is 6.07. The summed E-state index contributed by atoms with van der Waals surface area (Å²) in [4.78, 5) is 4.49. The molecule has 1 unspecified atom stereocenters. The number of hydrogen-bond acceptors (Lipinski definition) is 4. The summed E-state index contributed by atoms with van der Waals surface area (Å²) in [5.74, 6) is 1.29. The van der Waals surface area contributed by atoms with Gasteiger partial charge in [0.15, 0.2) is 0 Å². The Labute approximate surface area is 107 Å². The van der Waals surface area contributed by atoms with Gasteiger partial charge in [0.2, 0.25) is 0 Å². The van der Waals surface area contributed by atoms with Crippen LogP contribution in [0.3, 0.4) is 0 Å². The normalized spacial score (nSPS) is 12.9. The highest BCUT2D eigenvalue weighted by molar-refractivity contribution is 7.98. The van der Waals surface area contributed by atoms with Crippen LogP contribution in [0.1, 0.15) is 42.9 Å². The molecule has 0 aliphatic carbocycles. The number of nitrogens with zero attached hydrogens (tertiary/aromatic N) is 1. The zero-order chi connectivity index (χ0) is 11.8. The summed E-state index contributed by atoms with van der Waals surface area (Å²) in [5, 5.41) is 6.84. The molecule has 0 aliphatic heterocycles. The lowest BCUT2D eigenvalue weighted by atomic mass is 10.2. The number of hydrogen-bond donors (Lipinski definition) is 1. The Bertz CT molecular complexity index is 286. The SMILES string of the molecule is CSCCCCCNC(C)c1csc(C)n1. The van der Waals surface area contributed by atoms with E-state index >= 15 is 0 Å². The number of unbranched alkanes of at least 4 members (excludes halogenated alkanes) is 2. The molecule has 0 saturated carbocycles. The predicted molar refractivity (Wildman–Crippen MR) is 75.5 cm³/mol. The predicted octanol–water partition coefficient (Wildman–Crippen LogP) is 3.64. The Hall–Kier alpha value is -0.0600. The fourth-order valence-electron chi connectivity index (χ4n) is 1.55. The number of aromatic nitrogens is 1. The van der Waals surface area contributed by atoms with Gasteiger partial charge in [-0.25, -0.2) is 4.98 Å². The van der Waals surface area contributed by atoms with E-state index < -0.39 is 0 Å². The van der Waals surface area contributed by atoms with E-state index in [4.69, 9.17) is 0 Å². The average molecular weight is 258 g/mol. The van der Waals surface area contributed by atoms with Crippen molar-refractivity contribution in [3.05, 3.63) is 16.1 Å². The molecule has 0 amide bonds. The third kappa shape index (κ3) is 5.32. The number of thiazole rings is 1. The second kappa shape index (κ2) is 8.09. The minimum absolute atomic E-state index is 0.394. The molecule has 0 aromatic carbocycles. The van der Waals surface area contributed by atoms with E-state index in [-0.39, 0.29) is 0 Å². The molecule has 92 valence electrons. The van der Waals surface area contributed by atoms with Gasteiger partial charge in [0.25, 0.3) is 0 Å². The van der Waals surface area contributed by atoms with Gasteiger partial charge >= 0.3 is 0 Å². The summed E-state index contributed by atoms with van der Waals surface area (Å²) in [7, 11) is 0. The summed E-state index contributed by atoms with van der Waals surface area (Å²) in [5.41, 5.74) is 1.19. The first kappa shape index (κ1) is 14.0. The van der Waals surface area contributed by atoms with Gasteiger partial charge in [-0.1, -0.05) is 6.42 Å². The van der Waals surface area contributed by atoms with E-state index in [2.05, 4.69) is 35.8 Å². The van der Waals surface area contributed by atoms with Gasteiger partial charge in [-0.2, -0.15) is 11.8 Å². The van der Waals surface area contributed by atoms with Crippen LogP contribution < -0.4 is 5.32 Å². The molecule has 0 saturated heterocycles. The molecule has 1 N–H and O–H groups in total. The van der Waals surface area contributed by atoms with Crippen LogP contribution in [-0.4, -0.2) is 23.5 Å². The van der Waals surface area contributed by atoms with Gasteiger partial charge in [0, 0.05) is 11.4 Å². The summed E-state index contributed by atoms with van der Waals surface area (Å²) in [6.45, 7) is 5.35. The lowest BCUT2D eigenvalue weighted by molar-refractivity contribution is 0.537. The van der Waals surface area contributed by atoms with Crippen LogP contribution in [-0.2, 0) is 0 Å². The van der Waals surface area contributed by atoms with Crippen LogP contribution in [0.25, 0.3) is 0 Å². The summed E-state index contributed by atoms with van der Waals surface area (Å²) < 4.78 is 0. The third-order valence-corrected chi connectivity index (χ3v) is 4.04. The third-order valence-electron chi connectivity index (χ3n) is 2.56. The molecular weight excluding hydrogens is 236 g/mol. The highest BCUT2D eigenvalue weighted by Gasteiger charge is 2.07. The zero-order valence-corrected chi connectivity index (χ0v) is 12.1. The van der Waals surface area contributed by atoms with Crippen molar-refractivity contribution >= 4 is 23.1 Å². The van der Waals surface area contributed by atoms with Crippen molar-refractivity contribution in [3.63, 3.8) is 0 Å². The van der Waals surface area contributed by atoms with Crippen LogP contribution in [0.2, 0.25) is 0 Å². The van der Waals surface area contributed by atoms with E-state index in [1.54, 1.807) is 11.3 Å². The van der Waals surface area contributed by atoms with Crippen molar-refractivity contribution in [1.29, 1.82) is 0 Å². The number of rotatable bonds is 8. The van der Waals surface area contributed by atoms with Gasteiger partial charge in [-0.15, -0.1) is 11.3 Å². The Morgan fingerprint density at radius 3 is 2.88 bits per heavy atom. The van der Waals surface area contributed by atoms with Crippen molar-refractivity contribution in [2.45, 2.75) is 39.2 Å². The molecule has 0 aliphatic rings. The molecule has 4 heteroatoms. The molecule has 0 radical (unpaired) electrons. The topological polar surface area (TPSA) is 24.9 Å². The summed E-state index contributed by atoms with van der Waals surface area (Å²) in [6.07, 6.45) is 6.11. The monoisotopic (exact) mass is 258 g/mol. The maximum atomic E-state index is 4.49. The van der Waals surface area contributed by atoms with Gasteiger partial charge in [-0.05, 0) is 45.2 Å². The number of aryl methyl sites for hydroxylation is 1. The smallest absolute Gasteiger partial charge is 0.0898 e. The Morgan fingerprint density at radius 1 is 1.44 bits per heavy atom. The molecule has 1 aromatic heterocycles. The van der Waals surface area contributed by atoms with Crippen LogP contribution >= 0.6 is 23.1 Å². The average Bonchev–Trinajstić information content (AvgIpc) is 2.70. The van der Waals surface area contributed by atoms with Crippen LogP contribution in [0, 0.1) is 6.92 Å². The number of thioether (sulfide) groups is 1. The largest absolute Gasteiger partial charge is 0.309 e. The molecule has 1 heterocycles. The summed E-state index contributed by atoms with van der Waals surface area (Å²) >= 11 is 3.67. The fraction of sp³-hybridized carbons (Fsp3) is 0.750. The molecule has 16 heavy (non-hydrogen) atoms. The highest BCUT2D eigenvalue weighted by atomic mass is 32.2. The minimum Gasteiger partial charge on any atom is -0.309 e. The van der Waals surface area contributed by atoms with Crippen molar-refractivity contribution in [2.75, 3.05) is 18.6 Å². The standard InChI is InChI=1S/C12H22N2S2/c1-10(12-9-16-11(2)14-12)13-7-5-4-6-8-15-3/h9-10,13H,4-8H2,1-3H3. The maximum Gasteiger partial charge on any atom is 0.0898 e. The van der Waals surface area contributed by atoms with Crippen molar-refractivity contribution < 1.29 is 0 Å². The Kier molecular flexibility index (Phi) is 7.08. The Balaban J connectivity index is 2.09. The molecule has 0 bridgehead atoms. The first-order valence-corrected chi connectivity index (χ1v) is 8.15. The van der Waals surface area contributed by atoms with Crippen LogP contribution in [0.15, 0.2) is 5.38 Å². The van der Waals surface area contributed by atoms with Crippen molar-refractivity contribution in [1.82, 2.24) is 10.3 Å². The molecule has 0 fully saturated rings. The van der Waals surface area contributed by atoms with E-state index in [1.165, 1.54) is 30.7 Å². The second-order valence-electron chi connectivity index (χ2n) is 4.02. The molecular formula is C12H22N2S2. The Morgan fingerprint density at radius 2 is 2.25 bits per heavy atom. The van der Waals surface area contributed by atoms with Gasteiger partial charge in [0.05, 0.1) is 10.7 Å². The quantitative estimate of drug-likeness (QED) is 0.721. The fourth-order valence-corrected chi connectivity index (χ4v) is 2.75. The molecule has 2 nitrogen and oxygen atoms in total. The maximum absolute atomic E-state index is 4.49. The first-order chi connectivity index (χ1) is 7.74. The van der Waals surface area contributed by atoms with E-state index in [0.29, 0.717) is 6.04 Å². The van der Waals surface area contributed by atoms with E-state index in [1.807, 2.05) is 11.8 Å². The molecule has 1 aromatic rings. The first-order valence-electron chi connectivity index (χ1n) is 5.88. The van der Waals surface area contributed by atoms with Crippen LogP contribution in [0.5, 0.6) is 0 Å². The van der Waals surface area contributed by atoms with Crippen molar-refractivity contribution in [3.8, 4) is 0 Å². The van der Waals surface area contributed by atoms with E-state index in [9.17, 15) is 0 Å². The molecule has 1 rings (SSSR count). The summed E-state index contributed by atoms with van der Waals surface area (Å²) in [6, 6.07) is 0.394. The van der Waals surface area contributed by atoms with Crippen molar-refractivity contribution in [2.24, 2.45) is 0 Å². The highest BCUT2D eigenvalue weighted by Crippen LogP contribution is 2.15. The minimum atomic E-state index is 0.394. The van der Waals surface area contributed by atoms with Gasteiger partial charge < -0.3 is 5.32 Å². The van der Waals surface area contributed by atoms with Crippen LogP contribution in [0.4, 0.5) is 0 Å². The van der Waals surface area contributed by atoms with Gasteiger partial charge in [0.1, 0.15) is 0 Å². The van der Waals surface area contributed by atoms with E-state index in [0.717, 1.165) is 11.6 Å². The molecule has 0 spiro atoms. The number of nitrogens with one attached hydrogen (secondary N) is 1. The lowest BCUT2D eigenvalue weighted by Gasteiger charge is -2.10.